The van der Waals surface area contributed by atoms with Gasteiger partial charge in [0, 0.05) is 18.3 Å². The van der Waals surface area contributed by atoms with Gasteiger partial charge in [0.25, 0.3) is 0 Å². The predicted molar refractivity (Wildman–Crippen MR) is 75.6 cm³/mol. The molecule has 0 spiro atoms. The highest BCUT2D eigenvalue weighted by atomic mass is 19.3. The summed E-state index contributed by atoms with van der Waals surface area (Å²) in [6.45, 7) is 2.14. The van der Waals surface area contributed by atoms with Crippen LogP contribution in [-0.2, 0) is 0 Å². The first-order valence-corrected chi connectivity index (χ1v) is 6.65. The maximum atomic E-state index is 13.6. The van der Waals surface area contributed by atoms with Crippen molar-refractivity contribution in [3.05, 3.63) is 24.0 Å². The number of nitrogens with one attached hydrogen (secondary N) is 1. The first kappa shape index (κ1) is 18.1. The van der Waals surface area contributed by atoms with Crippen molar-refractivity contribution in [3.63, 3.8) is 0 Å². The fraction of sp³-hybridized carbons (Fsp3) is 0.500. The van der Waals surface area contributed by atoms with E-state index < -0.39 is 29.8 Å². The Morgan fingerprint density at radius 1 is 1.45 bits per heavy atom. The maximum absolute atomic E-state index is 13.6. The number of halogens is 3. The van der Waals surface area contributed by atoms with Gasteiger partial charge in [0.05, 0.1) is 12.1 Å². The summed E-state index contributed by atoms with van der Waals surface area (Å²) < 4.78 is 41.6. The van der Waals surface area contributed by atoms with Crippen LogP contribution in [0.4, 0.5) is 23.7 Å². The minimum atomic E-state index is -3.13. The molecule has 0 bridgehead atoms. The van der Waals surface area contributed by atoms with E-state index in [1.165, 1.54) is 11.0 Å². The molecule has 2 amide bonds. The van der Waals surface area contributed by atoms with Gasteiger partial charge in [0.1, 0.15) is 0 Å². The highest BCUT2D eigenvalue weighted by molar-refractivity contribution is 5.89. The van der Waals surface area contributed by atoms with Crippen molar-refractivity contribution in [3.8, 4) is 5.75 Å². The molecule has 8 heteroatoms. The van der Waals surface area contributed by atoms with Crippen molar-refractivity contribution < 1.29 is 27.8 Å². The second-order valence-electron chi connectivity index (χ2n) is 5.28. The summed E-state index contributed by atoms with van der Waals surface area (Å²) in [5, 5.41) is 12.2. The van der Waals surface area contributed by atoms with E-state index in [1.807, 2.05) is 0 Å². The molecule has 0 radical (unpaired) electrons. The second-order valence-corrected chi connectivity index (χ2v) is 5.28. The molecule has 0 atom stereocenters. The summed E-state index contributed by atoms with van der Waals surface area (Å²) in [7, 11) is 0. The van der Waals surface area contributed by atoms with Crippen molar-refractivity contribution in [1.82, 2.24) is 4.90 Å². The lowest BCUT2D eigenvalue weighted by atomic mass is 10.1. The molecule has 124 valence electrons. The maximum Gasteiger partial charge on any atom is 0.387 e. The van der Waals surface area contributed by atoms with Crippen LogP contribution in [0, 0.1) is 5.82 Å². The number of nitrogens with zero attached hydrogens (tertiary/aromatic N) is 1. The number of rotatable bonds is 6. The number of carbonyl (C=O) groups excluding carboxylic acids is 1. The van der Waals surface area contributed by atoms with Crippen LogP contribution in [0.3, 0.4) is 0 Å². The molecule has 22 heavy (non-hydrogen) atoms. The molecular weight excluding hydrogens is 301 g/mol. The number of ether oxygens (including phenoxy) is 1. The molecule has 0 aliphatic rings. The zero-order valence-electron chi connectivity index (χ0n) is 12.6. The SMILES string of the molecule is CCN(CC(C)(C)O)C(=O)Nc1ccc(OC(F)F)c(F)c1. The third-order valence-electron chi connectivity index (χ3n) is 2.65. The number of hydrogen-bond donors (Lipinski definition) is 2. The van der Waals surface area contributed by atoms with Gasteiger partial charge in [-0.3, -0.25) is 0 Å². The average Bonchev–Trinajstić information content (AvgIpc) is 2.37. The molecule has 1 aromatic rings. The van der Waals surface area contributed by atoms with Gasteiger partial charge >= 0.3 is 12.6 Å². The lowest BCUT2D eigenvalue weighted by molar-refractivity contribution is -0.0521. The molecule has 0 heterocycles. The monoisotopic (exact) mass is 320 g/mol. The van der Waals surface area contributed by atoms with Crippen molar-refractivity contribution in [2.45, 2.75) is 33.0 Å². The van der Waals surface area contributed by atoms with Crippen molar-refractivity contribution in [2.75, 3.05) is 18.4 Å². The van der Waals surface area contributed by atoms with Gasteiger partial charge in [-0.25, -0.2) is 9.18 Å². The quantitative estimate of drug-likeness (QED) is 0.847. The largest absolute Gasteiger partial charge is 0.432 e. The van der Waals surface area contributed by atoms with Gasteiger partial charge in [-0.05, 0) is 32.9 Å². The van der Waals surface area contributed by atoms with Crippen LogP contribution in [0.5, 0.6) is 5.75 Å². The van der Waals surface area contributed by atoms with Gasteiger partial charge in [-0.2, -0.15) is 8.78 Å². The van der Waals surface area contributed by atoms with Crippen LogP contribution in [0.1, 0.15) is 20.8 Å². The Hall–Kier alpha value is -1.96. The minimum absolute atomic E-state index is 0.0877. The number of likely N-dealkylation sites (N-methyl/N-ethyl adjacent to an activating group) is 1. The number of anilines is 1. The Labute approximate surface area is 126 Å². The lowest BCUT2D eigenvalue weighted by Gasteiger charge is -2.28. The molecule has 0 saturated carbocycles. The topological polar surface area (TPSA) is 61.8 Å². The normalized spacial score (nSPS) is 11.5. The number of benzene rings is 1. The highest BCUT2D eigenvalue weighted by Crippen LogP contribution is 2.23. The van der Waals surface area contributed by atoms with Gasteiger partial charge in [-0.15, -0.1) is 0 Å². The Kier molecular flexibility index (Phi) is 6.04. The summed E-state index contributed by atoms with van der Waals surface area (Å²) in [6.07, 6.45) is 0. The molecule has 0 fully saturated rings. The molecule has 0 aliphatic heterocycles. The number of aliphatic hydroxyl groups is 1. The fourth-order valence-electron chi connectivity index (χ4n) is 1.77. The second kappa shape index (κ2) is 7.35. The molecule has 5 nitrogen and oxygen atoms in total. The smallest absolute Gasteiger partial charge is 0.387 e. The van der Waals surface area contributed by atoms with Gasteiger partial charge in [0.15, 0.2) is 11.6 Å². The Balaban J connectivity index is 2.77. The summed E-state index contributed by atoms with van der Waals surface area (Å²) >= 11 is 0. The van der Waals surface area contributed by atoms with Gasteiger partial charge in [0.2, 0.25) is 0 Å². The van der Waals surface area contributed by atoms with Gasteiger partial charge < -0.3 is 20.1 Å². The summed E-state index contributed by atoms with van der Waals surface area (Å²) in [5.74, 6) is -1.61. The third-order valence-corrected chi connectivity index (χ3v) is 2.65. The number of urea groups is 1. The molecule has 0 unspecified atom stereocenters. The zero-order valence-corrected chi connectivity index (χ0v) is 12.6. The number of hydrogen-bond acceptors (Lipinski definition) is 3. The number of alkyl halides is 2. The molecule has 0 aliphatic carbocycles. The lowest BCUT2D eigenvalue weighted by Crippen LogP contribution is -2.44. The van der Waals surface area contributed by atoms with Crippen LogP contribution in [0.15, 0.2) is 18.2 Å². The number of amides is 2. The van der Waals surface area contributed by atoms with E-state index in [4.69, 9.17) is 0 Å². The van der Waals surface area contributed by atoms with Crippen LogP contribution < -0.4 is 10.1 Å². The number of carbonyl (C=O) groups is 1. The summed E-state index contributed by atoms with van der Waals surface area (Å²) in [5.41, 5.74) is -0.980. The Morgan fingerprint density at radius 3 is 2.55 bits per heavy atom. The first-order chi connectivity index (χ1) is 10.1. The van der Waals surface area contributed by atoms with E-state index in [-0.39, 0.29) is 12.2 Å². The van der Waals surface area contributed by atoms with Crippen LogP contribution in [-0.4, -0.2) is 41.3 Å². The highest BCUT2D eigenvalue weighted by Gasteiger charge is 2.21. The van der Waals surface area contributed by atoms with Gasteiger partial charge in [-0.1, -0.05) is 0 Å². The predicted octanol–water partition coefficient (Wildman–Crippen LogP) is 3.05. The standard InChI is InChI=1S/C14H19F3N2O3/c1-4-19(8-14(2,3)21)13(20)18-9-5-6-11(10(15)7-9)22-12(16)17/h5-7,12,21H,4,8H2,1-3H3,(H,18,20). The molecule has 2 N–H and O–H groups in total. The minimum Gasteiger partial charge on any atom is -0.432 e. The van der Waals surface area contributed by atoms with E-state index in [0.717, 1.165) is 12.1 Å². The van der Waals surface area contributed by atoms with Crippen LogP contribution >= 0.6 is 0 Å². The zero-order chi connectivity index (χ0) is 16.9. The van der Waals surface area contributed by atoms with Crippen LogP contribution in [0.2, 0.25) is 0 Å². The molecular formula is C14H19F3N2O3. The molecule has 0 aromatic heterocycles. The van der Waals surface area contributed by atoms with E-state index >= 15 is 0 Å². The van der Waals surface area contributed by atoms with Crippen molar-refractivity contribution in [2.24, 2.45) is 0 Å². The molecule has 0 saturated heterocycles. The van der Waals surface area contributed by atoms with Crippen molar-refractivity contribution in [1.29, 1.82) is 0 Å². The van der Waals surface area contributed by atoms with Crippen LogP contribution in [0.25, 0.3) is 0 Å². The van der Waals surface area contributed by atoms with E-state index in [1.54, 1.807) is 20.8 Å². The third kappa shape index (κ3) is 5.80. The Bertz CT molecular complexity index is 519. The summed E-state index contributed by atoms with van der Waals surface area (Å²) in [6, 6.07) is 2.60. The molecule has 1 rings (SSSR count). The Morgan fingerprint density at radius 2 is 2.09 bits per heavy atom. The first-order valence-electron chi connectivity index (χ1n) is 6.65. The summed E-state index contributed by atoms with van der Waals surface area (Å²) in [4.78, 5) is 13.4. The average molecular weight is 320 g/mol. The van der Waals surface area contributed by atoms with E-state index in [2.05, 4.69) is 10.1 Å². The molecule has 1 aromatic carbocycles. The van der Waals surface area contributed by atoms with E-state index in [9.17, 15) is 23.1 Å². The van der Waals surface area contributed by atoms with E-state index in [0.29, 0.717) is 6.54 Å². The fourth-order valence-corrected chi connectivity index (χ4v) is 1.77. The van der Waals surface area contributed by atoms with Crippen molar-refractivity contribution >= 4 is 11.7 Å².